The van der Waals surface area contributed by atoms with Crippen LogP contribution in [0, 0.1) is 0 Å². The molecule has 1 unspecified atom stereocenters. The van der Waals surface area contributed by atoms with Crippen molar-refractivity contribution in [3.63, 3.8) is 0 Å². The number of piperazine rings is 1. The average Bonchev–Trinajstić information content (AvgIpc) is 2.66. The molecular formula is C19H28N6Se. The number of hydrogen-bond donors (Lipinski definition) is 1. The molecule has 1 atom stereocenters. The van der Waals surface area contributed by atoms with E-state index in [1.54, 1.807) is 0 Å². The van der Waals surface area contributed by atoms with Gasteiger partial charge in [-0.3, -0.25) is 0 Å². The number of aromatic nitrogens is 3. The number of likely N-dealkylation sites (N-methyl/N-ethyl adjacent to an activating group) is 1. The molecule has 1 aromatic heterocycles. The SMILES string of the molecule is CCCCC([Se]c1ccccc1)c1nc(N)nc(N2CCN(C)CC2)n1. The van der Waals surface area contributed by atoms with Crippen LogP contribution in [0.1, 0.15) is 36.8 Å². The number of anilines is 2. The second-order valence-electron chi connectivity index (χ2n) is 6.70. The first-order valence-electron chi connectivity index (χ1n) is 9.32. The zero-order valence-corrected chi connectivity index (χ0v) is 17.3. The summed E-state index contributed by atoms with van der Waals surface area (Å²) in [5.41, 5.74) is 6.06. The Morgan fingerprint density at radius 2 is 1.81 bits per heavy atom. The molecule has 6 nitrogen and oxygen atoms in total. The third-order valence-electron chi connectivity index (χ3n) is 4.57. The van der Waals surface area contributed by atoms with Crippen molar-refractivity contribution >= 4 is 31.3 Å². The van der Waals surface area contributed by atoms with E-state index in [2.05, 4.69) is 64.1 Å². The minimum atomic E-state index is 0.281. The Kier molecular flexibility index (Phi) is 6.83. The molecule has 1 aliphatic rings. The topological polar surface area (TPSA) is 71.2 Å². The summed E-state index contributed by atoms with van der Waals surface area (Å²) in [5.74, 6) is 1.95. The Labute approximate surface area is 162 Å². The molecular weight excluding hydrogens is 391 g/mol. The predicted octanol–water partition coefficient (Wildman–Crippen LogP) is 1.47. The Bertz CT molecular complexity index is 688. The summed E-state index contributed by atoms with van der Waals surface area (Å²) in [7, 11) is 2.15. The van der Waals surface area contributed by atoms with Crippen molar-refractivity contribution in [2.24, 2.45) is 0 Å². The van der Waals surface area contributed by atoms with E-state index in [4.69, 9.17) is 10.7 Å². The van der Waals surface area contributed by atoms with E-state index in [-0.39, 0.29) is 15.0 Å². The number of benzene rings is 1. The molecule has 26 heavy (non-hydrogen) atoms. The molecule has 0 amide bonds. The molecule has 7 heteroatoms. The van der Waals surface area contributed by atoms with Gasteiger partial charge in [-0.15, -0.1) is 0 Å². The van der Waals surface area contributed by atoms with Crippen LogP contribution in [0.4, 0.5) is 11.9 Å². The van der Waals surface area contributed by atoms with Crippen LogP contribution in [0.2, 0.25) is 0 Å². The van der Waals surface area contributed by atoms with Gasteiger partial charge in [0.15, 0.2) is 0 Å². The Morgan fingerprint density at radius 3 is 2.50 bits per heavy atom. The fourth-order valence-electron chi connectivity index (χ4n) is 2.98. The van der Waals surface area contributed by atoms with Crippen molar-refractivity contribution in [2.45, 2.75) is 31.0 Å². The van der Waals surface area contributed by atoms with Crippen LogP contribution in [0.5, 0.6) is 0 Å². The summed E-state index contributed by atoms with van der Waals surface area (Å²) in [4.78, 5) is 18.7. The van der Waals surface area contributed by atoms with Crippen molar-refractivity contribution < 1.29 is 0 Å². The quantitative estimate of drug-likeness (QED) is 0.686. The fraction of sp³-hybridized carbons (Fsp3) is 0.526. The van der Waals surface area contributed by atoms with E-state index in [0.717, 1.165) is 44.4 Å². The average molecular weight is 419 g/mol. The number of unbranched alkanes of at least 4 members (excludes halogenated alkanes) is 1. The molecule has 0 saturated carbocycles. The molecule has 1 fully saturated rings. The van der Waals surface area contributed by atoms with E-state index >= 15 is 0 Å². The second kappa shape index (κ2) is 9.31. The first kappa shape index (κ1) is 19.1. The van der Waals surface area contributed by atoms with Gasteiger partial charge in [-0.1, -0.05) is 0 Å². The summed E-state index contributed by atoms with van der Waals surface area (Å²) in [6, 6.07) is 10.7. The van der Waals surface area contributed by atoms with Gasteiger partial charge >= 0.3 is 162 Å². The van der Waals surface area contributed by atoms with E-state index in [9.17, 15) is 0 Å². The van der Waals surface area contributed by atoms with Crippen LogP contribution < -0.4 is 15.1 Å². The van der Waals surface area contributed by atoms with E-state index in [0.29, 0.717) is 10.8 Å². The molecule has 2 N–H and O–H groups in total. The monoisotopic (exact) mass is 420 g/mol. The minimum absolute atomic E-state index is 0.281. The third kappa shape index (κ3) is 5.16. The van der Waals surface area contributed by atoms with Gasteiger partial charge in [0, 0.05) is 0 Å². The van der Waals surface area contributed by atoms with Crippen molar-refractivity contribution in [1.29, 1.82) is 0 Å². The number of nitrogens with two attached hydrogens (primary N) is 1. The van der Waals surface area contributed by atoms with Gasteiger partial charge in [-0.05, 0) is 0 Å². The van der Waals surface area contributed by atoms with Crippen LogP contribution >= 0.6 is 0 Å². The number of nitrogens with zero attached hydrogens (tertiary/aromatic N) is 5. The van der Waals surface area contributed by atoms with Gasteiger partial charge in [0.2, 0.25) is 0 Å². The molecule has 1 aromatic carbocycles. The molecule has 0 spiro atoms. The van der Waals surface area contributed by atoms with Gasteiger partial charge in [0.25, 0.3) is 0 Å². The van der Waals surface area contributed by atoms with Crippen LogP contribution in [0.25, 0.3) is 0 Å². The Hall–Kier alpha value is -1.69. The first-order valence-corrected chi connectivity index (χ1v) is 11.2. The molecule has 0 radical (unpaired) electrons. The Morgan fingerprint density at radius 1 is 1.08 bits per heavy atom. The number of rotatable bonds is 7. The molecule has 0 bridgehead atoms. The Balaban J connectivity index is 1.83. The molecule has 1 aliphatic heterocycles. The van der Waals surface area contributed by atoms with E-state index in [1.165, 1.54) is 17.3 Å². The zero-order chi connectivity index (χ0) is 18.4. The summed E-state index contributed by atoms with van der Waals surface area (Å²) in [6.07, 6.45) is 3.44. The van der Waals surface area contributed by atoms with Gasteiger partial charge in [0.05, 0.1) is 0 Å². The van der Waals surface area contributed by atoms with Crippen LogP contribution in [0.15, 0.2) is 30.3 Å². The summed E-state index contributed by atoms with van der Waals surface area (Å²) >= 11 is 0.281. The molecule has 140 valence electrons. The fourth-order valence-corrected chi connectivity index (χ4v) is 5.37. The van der Waals surface area contributed by atoms with Gasteiger partial charge < -0.3 is 0 Å². The van der Waals surface area contributed by atoms with Gasteiger partial charge in [-0.2, -0.15) is 0 Å². The van der Waals surface area contributed by atoms with Crippen molar-refractivity contribution in [3.05, 3.63) is 36.2 Å². The standard InChI is InChI=1S/C19H28N6Se/c1-3-4-10-16(26-15-8-6-5-7-9-15)17-21-18(20)23-19(22-17)25-13-11-24(2)12-14-25/h5-9,16H,3-4,10-14H2,1-2H3,(H2,20,21,22,23). The molecule has 2 heterocycles. The van der Waals surface area contributed by atoms with E-state index < -0.39 is 0 Å². The van der Waals surface area contributed by atoms with Crippen molar-refractivity contribution in [1.82, 2.24) is 19.9 Å². The van der Waals surface area contributed by atoms with Gasteiger partial charge in [-0.25, -0.2) is 0 Å². The molecule has 3 rings (SSSR count). The van der Waals surface area contributed by atoms with Crippen LogP contribution in [-0.2, 0) is 0 Å². The molecule has 1 saturated heterocycles. The summed E-state index contributed by atoms with van der Waals surface area (Å²) < 4.78 is 1.38. The van der Waals surface area contributed by atoms with E-state index in [1.807, 2.05) is 0 Å². The summed E-state index contributed by atoms with van der Waals surface area (Å²) in [5, 5.41) is 0. The molecule has 2 aromatic rings. The van der Waals surface area contributed by atoms with Crippen LogP contribution in [0.3, 0.4) is 0 Å². The predicted molar refractivity (Wildman–Crippen MR) is 108 cm³/mol. The van der Waals surface area contributed by atoms with Crippen LogP contribution in [-0.4, -0.2) is 68.0 Å². The normalized spacial score (nSPS) is 16.6. The first-order chi connectivity index (χ1) is 12.7. The maximum atomic E-state index is 6.06. The maximum absolute atomic E-state index is 6.06. The van der Waals surface area contributed by atoms with Crippen molar-refractivity contribution in [3.8, 4) is 0 Å². The second-order valence-corrected chi connectivity index (χ2v) is 9.38. The summed E-state index contributed by atoms with van der Waals surface area (Å²) in [6.45, 7) is 6.14. The molecule has 0 aliphatic carbocycles. The third-order valence-corrected chi connectivity index (χ3v) is 7.25. The zero-order valence-electron chi connectivity index (χ0n) is 15.6. The number of nitrogen functional groups attached to an aromatic ring is 1. The van der Waals surface area contributed by atoms with Gasteiger partial charge in [0.1, 0.15) is 0 Å². The van der Waals surface area contributed by atoms with Crippen molar-refractivity contribution in [2.75, 3.05) is 43.9 Å². The number of hydrogen-bond acceptors (Lipinski definition) is 6.